The lowest BCUT2D eigenvalue weighted by Gasteiger charge is -2.16. The molecule has 0 saturated heterocycles. The molecule has 2 aromatic heterocycles. The Morgan fingerprint density at radius 1 is 1.45 bits per heavy atom. The Labute approximate surface area is 133 Å². The number of hydrogen-bond acceptors (Lipinski definition) is 6. The SMILES string of the molecule is CC(C)(C)C(=O)OCn1cc(NS(=O)(=O)c2cccs2)cn1. The molecular formula is C13H17N3O4S2. The van der Waals surface area contributed by atoms with Gasteiger partial charge in [-0.2, -0.15) is 5.10 Å². The van der Waals surface area contributed by atoms with Gasteiger partial charge in [-0.3, -0.25) is 9.52 Å². The third-order valence-corrected chi connectivity index (χ3v) is 5.36. The molecule has 0 spiro atoms. The number of hydrogen-bond donors (Lipinski definition) is 1. The van der Waals surface area contributed by atoms with Gasteiger partial charge >= 0.3 is 5.97 Å². The van der Waals surface area contributed by atoms with E-state index in [2.05, 4.69) is 9.82 Å². The van der Waals surface area contributed by atoms with Crippen molar-refractivity contribution >= 4 is 33.0 Å². The summed E-state index contributed by atoms with van der Waals surface area (Å²) in [6.07, 6.45) is 2.82. The quantitative estimate of drug-likeness (QED) is 0.841. The van der Waals surface area contributed by atoms with Crippen molar-refractivity contribution in [2.24, 2.45) is 5.41 Å². The topological polar surface area (TPSA) is 90.3 Å². The zero-order valence-corrected chi connectivity index (χ0v) is 14.1. The smallest absolute Gasteiger partial charge is 0.313 e. The number of thiophene rings is 1. The minimum Gasteiger partial charge on any atom is -0.442 e. The molecule has 2 heterocycles. The predicted octanol–water partition coefficient (Wildman–Crippen LogP) is 2.29. The lowest BCUT2D eigenvalue weighted by Crippen LogP contribution is -2.24. The fraction of sp³-hybridized carbons (Fsp3) is 0.385. The Morgan fingerprint density at radius 2 is 2.18 bits per heavy atom. The lowest BCUT2D eigenvalue weighted by molar-refractivity contribution is -0.157. The number of esters is 1. The van der Waals surface area contributed by atoms with Gasteiger partial charge in [-0.15, -0.1) is 11.3 Å². The van der Waals surface area contributed by atoms with Gasteiger partial charge in [0.15, 0.2) is 6.73 Å². The first-order valence-corrected chi connectivity index (χ1v) is 8.81. The summed E-state index contributed by atoms with van der Waals surface area (Å²) in [5.74, 6) is -0.358. The number of anilines is 1. The van der Waals surface area contributed by atoms with Crippen molar-refractivity contribution in [2.75, 3.05) is 4.72 Å². The van der Waals surface area contributed by atoms with Crippen molar-refractivity contribution in [2.45, 2.75) is 31.7 Å². The summed E-state index contributed by atoms with van der Waals surface area (Å²) in [6, 6.07) is 3.18. The molecule has 120 valence electrons. The Kier molecular flexibility index (Phi) is 4.57. The molecule has 0 aliphatic heterocycles. The molecule has 0 aliphatic carbocycles. The van der Waals surface area contributed by atoms with Gasteiger partial charge in [0, 0.05) is 0 Å². The fourth-order valence-corrected chi connectivity index (χ4v) is 3.47. The van der Waals surface area contributed by atoms with Crippen molar-refractivity contribution in [3.8, 4) is 0 Å². The summed E-state index contributed by atoms with van der Waals surface area (Å²) in [7, 11) is -3.60. The third kappa shape index (κ3) is 4.08. The Balaban J connectivity index is 1.99. The van der Waals surface area contributed by atoms with Crippen LogP contribution < -0.4 is 4.72 Å². The highest BCUT2D eigenvalue weighted by Crippen LogP contribution is 2.20. The monoisotopic (exact) mass is 343 g/mol. The van der Waals surface area contributed by atoms with Crippen LogP contribution in [-0.4, -0.2) is 24.2 Å². The molecule has 2 aromatic rings. The van der Waals surface area contributed by atoms with Crippen LogP contribution in [0.1, 0.15) is 20.8 Å². The molecule has 9 heteroatoms. The zero-order chi connectivity index (χ0) is 16.4. The van der Waals surface area contributed by atoms with Crippen molar-refractivity contribution in [3.05, 3.63) is 29.9 Å². The third-order valence-electron chi connectivity index (χ3n) is 2.59. The van der Waals surface area contributed by atoms with Gasteiger partial charge in [0.1, 0.15) is 4.21 Å². The second-order valence-corrected chi connectivity index (χ2v) is 8.47. The molecule has 7 nitrogen and oxygen atoms in total. The first-order valence-electron chi connectivity index (χ1n) is 6.44. The van der Waals surface area contributed by atoms with Gasteiger partial charge in [0.05, 0.1) is 23.5 Å². The second-order valence-electron chi connectivity index (χ2n) is 5.62. The standard InChI is InChI=1S/C13H17N3O4S2/c1-13(2,3)12(17)20-9-16-8-10(7-14-16)15-22(18,19)11-5-4-6-21-11/h4-8,15H,9H2,1-3H3. The average molecular weight is 343 g/mol. The van der Waals surface area contributed by atoms with Crippen molar-refractivity contribution in [3.63, 3.8) is 0 Å². The van der Waals surface area contributed by atoms with Crippen LogP contribution in [0.2, 0.25) is 0 Å². The zero-order valence-electron chi connectivity index (χ0n) is 12.4. The molecule has 0 unspecified atom stereocenters. The maximum atomic E-state index is 12.0. The predicted molar refractivity (Wildman–Crippen MR) is 82.9 cm³/mol. The number of carbonyl (C=O) groups excluding carboxylic acids is 1. The maximum Gasteiger partial charge on any atom is 0.313 e. The molecule has 0 atom stereocenters. The first kappa shape index (κ1) is 16.5. The van der Waals surface area contributed by atoms with Gasteiger partial charge in [-0.05, 0) is 32.2 Å². The van der Waals surface area contributed by atoms with Crippen LogP contribution in [0.15, 0.2) is 34.1 Å². The van der Waals surface area contributed by atoms with E-state index in [0.29, 0.717) is 5.69 Å². The highest BCUT2D eigenvalue weighted by Gasteiger charge is 2.23. The number of ether oxygens (including phenoxy) is 1. The molecule has 0 bridgehead atoms. The van der Waals surface area contributed by atoms with Gasteiger partial charge in [0.25, 0.3) is 10.0 Å². The number of aromatic nitrogens is 2. The van der Waals surface area contributed by atoms with Crippen LogP contribution in [0.4, 0.5) is 5.69 Å². The lowest BCUT2D eigenvalue weighted by atomic mass is 9.98. The molecule has 22 heavy (non-hydrogen) atoms. The number of nitrogens with one attached hydrogen (secondary N) is 1. The van der Waals surface area contributed by atoms with Crippen LogP contribution >= 0.6 is 11.3 Å². The normalized spacial score (nSPS) is 12.1. The number of nitrogens with zero attached hydrogens (tertiary/aromatic N) is 2. The van der Waals surface area contributed by atoms with Crippen molar-refractivity contribution in [1.29, 1.82) is 0 Å². The minimum atomic E-state index is -3.60. The van der Waals surface area contributed by atoms with E-state index in [1.807, 2.05) is 0 Å². The molecule has 0 radical (unpaired) electrons. The molecule has 0 saturated carbocycles. The van der Waals surface area contributed by atoms with E-state index in [1.165, 1.54) is 23.1 Å². The van der Waals surface area contributed by atoms with Gasteiger partial charge in [-0.1, -0.05) is 6.07 Å². The van der Waals surface area contributed by atoms with E-state index in [9.17, 15) is 13.2 Å². The Morgan fingerprint density at radius 3 is 2.77 bits per heavy atom. The molecule has 2 rings (SSSR count). The van der Waals surface area contributed by atoms with Crippen molar-refractivity contribution < 1.29 is 17.9 Å². The van der Waals surface area contributed by atoms with Crippen LogP contribution in [0.3, 0.4) is 0 Å². The van der Waals surface area contributed by atoms with Gasteiger partial charge in [-0.25, -0.2) is 13.1 Å². The van der Waals surface area contributed by atoms with Crippen LogP contribution in [0.25, 0.3) is 0 Å². The van der Waals surface area contributed by atoms with E-state index < -0.39 is 15.4 Å². The number of sulfonamides is 1. The molecule has 0 aromatic carbocycles. The summed E-state index contributed by atoms with van der Waals surface area (Å²) in [5.41, 5.74) is -0.295. The van der Waals surface area contributed by atoms with Crippen LogP contribution in [0.5, 0.6) is 0 Å². The number of carbonyl (C=O) groups is 1. The summed E-state index contributed by atoms with van der Waals surface area (Å²) < 4.78 is 33.2. The van der Waals surface area contributed by atoms with Gasteiger partial charge in [0.2, 0.25) is 0 Å². The highest BCUT2D eigenvalue weighted by atomic mass is 32.2. The summed E-state index contributed by atoms with van der Waals surface area (Å²) in [6.45, 7) is 5.17. The van der Waals surface area contributed by atoms with E-state index in [0.717, 1.165) is 11.3 Å². The molecule has 1 N–H and O–H groups in total. The molecule has 0 amide bonds. The summed E-state index contributed by atoms with van der Waals surface area (Å²) in [4.78, 5) is 11.7. The van der Waals surface area contributed by atoms with E-state index >= 15 is 0 Å². The van der Waals surface area contributed by atoms with Crippen LogP contribution in [-0.2, 0) is 26.3 Å². The Hall–Kier alpha value is -1.87. The first-order chi connectivity index (χ1) is 10.2. The average Bonchev–Trinajstić information content (AvgIpc) is 3.05. The molecule has 0 fully saturated rings. The number of rotatable bonds is 5. The summed E-state index contributed by atoms with van der Waals surface area (Å²) >= 11 is 1.13. The van der Waals surface area contributed by atoms with Gasteiger partial charge < -0.3 is 4.74 Å². The largest absolute Gasteiger partial charge is 0.442 e. The van der Waals surface area contributed by atoms with E-state index in [4.69, 9.17) is 4.74 Å². The second kappa shape index (κ2) is 6.09. The maximum absolute atomic E-state index is 12.0. The summed E-state index contributed by atoms with van der Waals surface area (Å²) in [5, 5.41) is 5.64. The molecular weight excluding hydrogens is 326 g/mol. The van der Waals surface area contributed by atoms with Crippen LogP contribution in [0, 0.1) is 5.41 Å². The van der Waals surface area contributed by atoms with E-state index in [1.54, 1.807) is 32.2 Å². The molecule has 0 aliphatic rings. The van der Waals surface area contributed by atoms with E-state index in [-0.39, 0.29) is 16.9 Å². The van der Waals surface area contributed by atoms with Crippen molar-refractivity contribution in [1.82, 2.24) is 9.78 Å². The Bertz CT molecular complexity index is 743. The highest BCUT2D eigenvalue weighted by molar-refractivity contribution is 7.94. The fourth-order valence-electron chi connectivity index (χ4n) is 1.45. The minimum absolute atomic E-state index is 0.0726.